The summed E-state index contributed by atoms with van der Waals surface area (Å²) in [5.74, 6) is 0.963. The van der Waals surface area contributed by atoms with Crippen molar-refractivity contribution in [1.29, 1.82) is 0 Å². The van der Waals surface area contributed by atoms with Crippen molar-refractivity contribution in [3.8, 4) is 0 Å². The smallest absolute Gasteiger partial charge is 0.120 e. The lowest BCUT2D eigenvalue weighted by Gasteiger charge is -2.09. The van der Waals surface area contributed by atoms with Crippen molar-refractivity contribution in [2.75, 3.05) is 0 Å². The second-order valence-electron chi connectivity index (χ2n) is 3.87. The minimum Gasteiger partial charge on any atom is -0.468 e. The van der Waals surface area contributed by atoms with E-state index in [1.54, 1.807) is 17.6 Å². The van der Waals surface area contributed by atoms with Crippen molar-refractivity contribution in [3.63, 3.8) is 0 Å². The maximum absolute atomic E-state index is 5.33. The summed E-state index contributed by atoms with van der Waals surface area (Å²) < 4.78 is 5.33. The average Bonchev–Trinajstić information content (AvgIpc) is 2.86. The molecule has 16 heavy (non-hydrogen) atoms. The summed E-state index contributed by atoms with van der Waals surface area (Å²) in [7, 11) is 0. The van der Waals surface area contributed by atoms with Gasteiger partial charge in [0.2, 0.25) is 0 Å². The van der Waals surface area contributed by atoms with E-state index in [0.717, 1.165) is 23.0 Å². The highest BCUT2D eigenvalue weighted by Gasteiger charge is 2.09. The second-order valence-corrected chi connectivity index (χ2v) is 5.15. The van der Waals surface area contributed by atoms with Crippen LogP contribution < -0.4 is 5.32 Å². The lowest BCUT2D eigenvalue weighted by atomic mass is 10.2. The molecule has 1 atom stereocenters. The number of nitrogens with one attached hydrogen (secondary N) is 1. The Labute approximate surface area is 99.5 Å². The van der Waals surface area contributed by atoms with Gasteiger partial charge in [0, 0.05) is 11.4 Å². The van der Waals surface area contributed by atoms with E-state index in [1.165, 1.54) is 4.88 Å². The Balaban J connectivity index is 1.92. The molecule has 0 aromatic carbocycles. The minimum absolute atomic E-state index is 0.222. The molecule has 0 radical (unpaired) electrons. The van der Waals surface area contributed by atoms with Gasteiger partial charge < -0.3 is 9.73 Å². The van der Waals surface area contributed by atoms with Crippen molar-refractivity contribution in [2.45, 2.75) is 33.4 Å². The first-order chi connectivity index (χ1) is 7.66. The number of aryl methyl sites for hydroxylation is 2. The molecule has 3 nitrogen and oxygen atoms in total. The molecule has 0 fully saturated rings. The molecule has 2 heterocycles. The molecule has 2 aromatic heterocycles. The Morgan fingerprint density at radius 3 is 2.88 bits per heavy atom. The molecule has 0 saturated carbocycles. The molecule has 0 unspecified atom stereocenters. The van der Waals surface area contributed by atoms with Gasteiger partial charge in [0.05, 0.1) is 18.0 Å². The van der Waals surface area contributed by atoms with Gasteiger partial charge in [-0.1, -0.05) is 0 Å². The van der Waals surface area contributed by atoms with Gasteiger partial charge in [-0.25, -0.2) is 4.98 Å². The molecule has 2 rings (SSSR count). The predicted molar refractivity (Wildman–Crippen MR) is 65.6 cm³/mol. The van der Waals surface area contributed by atoms with E-state index in [0.29, 0.717) is 0 Å². The van der Waals surface area contributed by atoms with Crippen molar-refractivity contribution >= 4 is 11.3 Å². The first-order valence-electron chi connectivity index (χ1n) is 5.36. The third-order valence-corrected chi connectivity index (χ3v) is 3.68. The van der Waals surface area contributed by atoms with Gasteiger partial charge in [-0.05, 0) is 32.9 Å². The number of thiazole rings is 1. The predicted octanol–water partition coefficient (Wildman–Crippen LogP) is 3.20. The monoisotopic (exact) mass is 236 g/mol. The van der Waals surface area contributed by atoms with Crippen molar-refractivity contribution in [2.24, 2.45) is 0 Å². The van der Waals surface area contributed by atoms with Gasteiger partial charge in [-0.15, -0.1) is 11.3 Å². The summed E-state index contributed by atoms with van der Waals surface area (Å²) >= 11 is 1.75. The summed E-state index contributed by atoms with van der Waals surface area (Å²) in [5, 5.41) is 4.53. The van der Waals surface area contributed by atoms with Gasteiger partial charge in [-0.2, -0.15) is 0 Å². The van der Waals surface area contributed by atoms with Crippen LogP contribution in [0.5, 0.6) is 0 Å². The minimum atomic E-state index is 0.222. The van der Waals surface area contributed by atoms with Crippen LogP contribution in [0.3, 0.4) is 0 Å². The molecule has 0 bridgehead atoms. The number of hydrogen-bond acceptors (Lipinski definition) is 4. The van der Waals surface area contributed by atoms with E-state index < -0.39 is 0 Å². The first kappa shape index (κ1) is 11.4. The maximum atomic E-state index is 5.33. The highest BCUT2D eigenvalue weighted by atomic mass is 32.1. The lowest BCUT2D eigenvalue weighted by molar-refractivity contribution is 0.430. The summed E-state index contributed by atoms with van der Waals surface area (Å²) in [6.45, 7) is 7.03. The average molecular weight is 236 g/mol. The van der Waals surface area contributed by atoms with Crippen LogP contribution in [0.25, 0.3) is 0 Å². The van der Waals surface area contributed by atoms with E-state index in [1.807, 2.05) is 19.1 Å². The number of rotatable bonds is 4. The SMILES string of the molecule is Cc1nc(CN[C@@H](C)c2ccco2)sc1C. The summed E-state index contributed by atoms with van der Waals surface area (Å²) in [6, 6.07) is 4.11. The summed E-state index contributed by atoms with van der Waals surface area (Å²) in [5.41, 5.74) is 1.13. The van der Waals surface area contributed by atoms with Crippen LogP contribution in [0.4, 0.5) is 0 Å². The Morgan fingerprint density at radius 2 is 2.31 bits per heavy atom. The zero-order chi connectivity index (χ0) is 11.5. The molecule has 2 aromatic rings. The van der Waals surface area contributed by atoms with Crippen LogP contribution in [-0.2, 0) is 6.54 Å². The third-order valence-electron chi connectivity index (χ3n) is 2.60. The number of hydrogen-bond donors (Lipinski definition) is 1. The molecule has 0 aliphatic rings. The largest absolute Gasteiger partial charge is 0.468 e. The second kappa shape index (κ2) is 4.80. The molecular formula is C12H16N2OS. The standard InChI is InChI=1S/C12H16N2OS/c1-8-10(3)16-12(14-8)7-13-9(2)11-5-4-6-15-11/h4-6,9,13H,7H2,1-3H3/t9-/m0/s1. The van der Waals surface area contributed by atoms with Crippen LogP contribution in [0, 0.1) is 13.8 Å². The normalized spacial score (nSPS) is 12.9. The van der Waals surface area contributed by atoms with Crippen molar-refractivity contribution in [3.05, 3.63) is 39.7 Å². The van der Waals surface area contributed by atoms with Crippen molar-refractivity contribution < 1.29 is 4.42 Å². The van der Waals surface area contributed by atoms with Crippen LogP contribution in [0.15, 0.2) is 22.8 Å². The first-order valence-corrected chi connectivity index (χ1v) is 6.18. The quantitative estimate of drug-likeness (QED) is 0.885. The van der Waals surface area contributed by atoms with E-state index in [4.69, 9.17) is 4.42 Å². The zero-order valence-electron chi connectivity index (χ0n) is 9.78. The number of aromatic nitrogens is 1. The topological polar surface area (TPSA) is 38.1 Å². The molecule has 0 aliphatic heterocycles. The zero-order valence-corrected chi connectivity index (χ0v) is 10.6. The molecular weight excluding hydrogens is 220 g/mol. The number of nitrogens with zero attached hydrogens (tertiary/aromatic N) is 1. The van der Waals surface area contributed by atoms with Gasteiger partial charge in [0.1, 0.15) is 10.8 Å². The van der Waals surface area contributed by atoms with Crippen LogP contribution >= 0.6 is 11.3 Å². The fraction of sp³-hybridized carbons (Fsp3) is 0.417. The molecule has 0 saturated heterocycles. The fourth-order valence-electron chi connectivity index (χ4n) is 1.49. The van der Waals surface area contributed by atoms with Crippen LogP contribution in [0.2, 0.25) is 0 Å². The van der Waals surface area contributed by atoms with E-state index in [2.05, 4.69) is 24.1 Å². The Bertz CT molecular complexity index is 428. The van der Waals surface area contributed by atoms with Gasteiger partial charge >= 0.3 is 0 Å². The molecule has 86 valence electrons. The highest BCUT2D eigenvalue weighted by Crippen LogP contribution is 2.18. The van der Waals surface area contributed by atoms with Gasteiger partial charge in [0.15, 0.2) is 0 Å². The van der Waals surface area contributed by atoms with Crippen LogP contribution in [-0.4, -0.2) is 4.98 Å². The Kier molecular flexibility index (Phi) is 3.41. The van der Waals surface area contributed by atoms with Crippen LogP contribution in [0.1, 0.15) is 34.3 Å². The van der Waals surface area contributed by atoms with Crippen molar-refractivity contribution in [1.82, 2.24) is 10.3 Å². The van der Waals surface area contributed by atoms with E-state index in [9.17, 15) is 0 Å². The molecule has 0 spiro atoms. The third kappa shape index (κ3) is 2.51. The molecule has 0 aliphatic carbocycles. The van der Waals surface area contributed by atoms with Gasteiger partial charge in [0.25, 0.3) is 0 Å². The Morgan fingerprint density at radius 1 is 1.50 bits per heavy atom. The molecule has 4 heteroatoms. The van der Waals surface area contributed by atoms with Gasteiger partial charge in [-0.3, -0.25) is 0 Å². The maximum Gasteiger partial charge on any atom is 0.120 e. The Hall–Kier alpha value is -1.13. The lowest BCUT2D eigenvalue weighted by Crippen LogP contribution is -2.17. The number of furan rings is 1. The highest BCUT2D eigenvalue weighted by molar-refractivity contribution is 7.11. The molecule has 0 amide bonds. The fourth-order valence-corrected chi connectivity index (χ4v) is 2.38. The van der Waals surface area contributed by atoms with E-state index >= 15 is 0 Å². The summed E-state index contributed by atoms with van der Waals surface area (Å²) in [4.78, 5) is 5.78. The van der Waals surface area contributed by atoms with E-state index in [-0.39, 0.29) is 6.04 Å². The summed E-state index contributed by atoms with van der Waals surface area (Å²) in [6.07, 6.45) is 1.70. The molecule has 1 N–H and O–H groups in total.